The third-order valence-corrected chi connectivity index (χ3v) is 11.6. The van der Waals surface area contributed by atoms with Gasteiger partial charge in [-0.15, -0.1) is 0 Å². The van der Waals surface area contributed by atoms with Gasteiger partial charge in [-0.1, -0.05) is 145 Å². The summed E-state index contributed by atoms with van der Waals surface area (Å²) >= 11 is 0. The molecule has 2 aromatic rings. The summed E-state index contributed by atoms with van der Waals surface area (Å²) in [5.41, 5.74) is 5.57. The predicted octanol–water partition coefficient (Wildman–Crippen LogP) is 10.7. The normalized spacial score (nSPS) is 15.9. The average molecular weight is 569 g/mol. The van der Waals surface area contributed by atoms with Crippen molar-refractivity contribution in [1.82, 2.24) is 0 Å². The lowest BCUT2D eigenvalue weighted by Crippen LogP contribution is -2.30. The summed E-state index contributed by atoms with van der Waals surface area (Å²) in [6, 6.07) is 11.2. The van der Waals surface area contributed by atoms with E-state index in [0.29, 0.717) is 20.2 Å². The van der Waals surface area contributed by atoms with Crippen molar-refractivity contribution in [2.45, 2.75) is 156 Å². The Balaban J connectivity index is 2.83. The number of phenolic OH excluding ortho intramolecular Hbond substituents is 1. The fourth-order valence-corrected chi connectivity index (χ4v) is 7.96. The Kier molecular flexibility index (Phi) is 12.8. The van der Waals surface area contributed by atoms with Gasteiger partial charge in [0.25, 0.3) is 0 Å². The molecule has 0 amide bonds. The molecular weight excluding hydrogens is 507 g/mol. The molecule has 0 heterocycles. The first kappa shape index (κ1) is 34.8. The van der Waals surface area contributed by atoms with Gasteiger partial charge in [0.05, 0.1) is 6.10 Å². The molecule has 0 spiro atoms. The number of phenols is 1. The van der Waals surface area contributed by atoms with Crippen molar-refractivity contribution in [3.63, 3.8) is 0 Å². The van der Waals surface area contributed by atoms with Crippen LogP contribution in [-0.2, 0) is 16.0 Å². The molecule has 226 valence electrons. The first-order chi connectivity index (χ1) is 18.6. The molecule has 0 aliphatic carbocycles. The van der Waals surface area contributed by atoms with Gasteiger partial charge in [-0.25, -0.2) is 0 Å². The molecule has 2 aromatic carbocycles. The highest BCUT2D eigenvalue weighted by molar-refractivity contribution is 7.48. The second-order valence-corrected chi connectivity index (χ2v) is 15.8. The molecule has 4 unspecified atom stereocenters. The second-order valence-electron chi connectivity index (χ2n) is 14.1. The van der Waals surface area contributed by atoms with E-state index in [9.17, 15) is 10.2 Å². The van der Waals surface area contributed by atoms with E-state index in [-0.39, 0.29) is 16.0 Å². The highest BCUT2D eigenvalue weighted by Gasteiger charge is 2.39. The Labute approximate surface area is 249 Å². The lowest BCUT2D eigenvalue weighted by molar-refractivity contribution is 0.200. The lowest BCUT2D eigenvalue weighted by Gasteiger charge is -2.40. The predicted molar refractivity (Wildman–Crippen MR) is 179 cm³/mol. The van der Waals surface area contributed by atoms with E-state index in [4.69, 9.17) is 0 Å². The minimum atomic E-state index is -0.513. The minimum absolute atomic E-state index is 0.0284. The molecule has 0 aromatic heterocycles. The molecule has 0 aliphatic rings. The van der Waals surface area contributed by atoms with Crippen LogP contribution < -0.4 is 5.30 Å². The molecular formula is C37H61O2P. The number of hydrogen-bond acceptors (Lipinski definition) is 2. The largest absolute Gasteiger partial charge is 0.507 e. The van der Waals surface area contributed by atoms with Crippen molar-refractivity contribution in [2.75, 3.05) is 0 Å². The Morgan fingerprint density at radius 3 is 1.98 bits per heavy atom. The SMILES string of the molecule is CCCCCC(C)C(C)(C)c1cc(C(C)(C)C)cc(C(CC)(CCCCC)Pc2ccc(C)cc2C(C)O)c1O. The number of hydrogen-bond donors (Lipinski definition) is 2. The van der Waals surface area contributed by atoms with Crippen LogP contribution in [0.4, 0.5) is 0 Å². The second kappa shape index (κ2) is 14.7. The molecule has 2 nitrogen and oxygen atoms in total. The van der Waals surface area contributed by atoms with Gasteiger partial charge in [-0.3, -0.25) is 0 Å². The molecule has 0 saturated carbocycles. The van der Waals surface area contributed by atoms with Gasteiger partial charge in [0, 0.05) is 16.3 Å². The number of aliphatic hydroxyl groups excluding tert-OH is 1. The first-order valence-corrected chi connectivity index (χ1v) is 17.1. The van der Waals surface area contributed by atoms with Crippen LogP contribution in [-0.4, -0.2) is 10.2 Å². The zero-order valence-electron chi connectivity index (χ0n) is 27.8. The van der Waals surface area contributed by atoms with Crippen molar-refractivity contribution >= 4 is 13.9 Å². The maximum Gasteiger partial charge on any atom is 0.123 e. The van der Waals surface area contributed by atoms with Crippen LogP contribution in [0.1, 0.15) is 161 Å². The van der Waals surface area contributed by atoms with Crippen molar-refractivity contribution in [3.8, 4) is 5.75 Å². The van der Waals surface area contributed by atoms with E-state index >= 15 is 0 Å². The summed E-state index contributed by atoms with van der Waals surface area (Å²) in [5, 5.41) is 24.1. The zero-order valence-corrected chi connectivity index (χ0v) is 28.8. The fourth-order valence-electron chi connectivity index (χ4n) is 6.05. The summed E-state index contributed by atoms with van der Waals surface area (Å²) in [6.45, 7) is 24.7. The van der Waals surface area contributed by atoms with Crippen LogP contribution >= 0.6 is 8.58 Å². The number of benzene rings is 2. The van der Waals surface area contributed by atoms with Crippen LogP contribution in [0, 0.1) is 12.8 Å². The van der Waals surface area contributed by atoms with Crippen molar-refractivity contribution in [3.05, 3.63) is 58.1 Å². The molecule has 4 atom stereocenters. The molecule has 3 heteroatoms. The van der Waals surface area contributed by atoms with E-state index < -0.39 is 6.10 Å². The van der Waals surface area contributed by atoms with Gasteiger partial charge >= 0.3 is 0 Å². The average Bonchev–Trinajstić information content (AvgIpc) is 2.88. The third kappa shape index (κ3) is 8.35. The Hall–Kier alpha value is -1.37. The number of rotatable bonds is 15. The molecule has 0 bridgehead atoms. The number of aryl methyl sites for hydroxylation is 1. The van der Waals surface area contributed by atoms with Crippen molar-refractivity contribution in [2.24, 2.45) is 5.92 Å². The molecule has 0 aliphatic heterocycles. The molecule has 0 saturated heterocycles. The van der Waals surface area contributed by atoms with Crippen LogP contribution in [0.3, 0.4) is 0 Å². The summed E-state index contributed by atoms with van der Waals surface area (Å²) in [6.07, 6.45) is 9.88. The highest BCUT2D eigenvalue weighted by Crippen LogP contribution is 2.55. The quantitative estimate of drug-likeness (QED) is 0.166. The van der Waals surface area contributed by atoms with Crippen LogP contribution in [0.25, 0.3) is 0 Å². The summed E-state index contributed by atoms with van der Waals surface area (Å²) in [4.78, 5) is 0. The van der Waals surface area contributed by atoms with E-state index in [1.54, 1.807) is 0 Å². The Morgan fingerprint density at radius 2 is 1.43 bits per heavy atom. The third-order valence-electron chi connectivity index (χ3n) is 9.50. The fraction of sp³-hybridized carbons (Fsp3) is 0.676. The van der Waals surface area contributed by atoms with Gasteiger partial charge in [0.1, 0.15) is 5.75 Å². The number of aliphatic hydroxyl groups is 1. The zero-order chi connectivity index (χ0) is 30.3. The maximum absolute atomic E-state index is 12.3. The van der Waals surface area contributed by atoms with Gasteiger partial charge in [0.15, 0.2) is 0 Å². The van der Waals surface area contributed by atoms with E-state index in [2.05, 4.69) is 99.6 Å². The Morgan fingerprint density at radius 1 is 0.825 bits per heavy atom. The first-order valence-electron chi connectivity index (χ1n) is 16.1. The van der Waals surface area contributed by atoms with Gasteiger partial charge in [0.2, 0.25) is 0 Å². The van der Waals surface area contributed by atoms with Gasteiger partial charge in [-0.05, 0) is 66.3 Å². The minimum Gasteiger partial charge on any atom is -0.507 e. The monoisotopic (exact) mass is 568 g/mol. The van der Waals surface area contributed by atoms with Gasteiger partial charge in [-0.2, -0.15) is 0 Å². The number of unbranched alkanes of at least 4 members (excludes halogenated alkanes) is 4. The lowest BCUT2D eigenvalue weighted by atomic mass is 9.69. The van der Waals surface area contributed by atoms with Crippen LogP contribution in [0.15, 0.2) is 30.3 Å². The molecule has 0 fully saturated rings. The standard InChI is InChI=1S/C37H61O2P/c1-12-15-17-19-27(5)36(10,11)31-24-29(35(7,8)9)25-32(34(31)39)37(14-3,22-18-16-13-2)40-33-21-20-26(4)23-30(33)28(6)38/h20-21,23-25,27-28,38-40H,12-19,22H2,1-11H3. The van der Waals surface area contributed by atoms with E-state index in [1.807, 2.05) is 6.92 Å². The Bertz CT molecular complexity index is 1080. The van der Waals surface area contributed by atoms with Crippen molar-refractivity contribution in [1.29, 1.82) is 0 Å². The van der Waals surface area contributed by atoms with E-state index in [0.717, 1.165) is 36.0 Å². The molecule has 40 heavy (non-hydrogen) atoms. The van der Waals surface area contributed by atoms with Gasteiger partial charge < -0.3 is 10.2 Å². The molecule has 2 rings (SSSR count). The topological polar surface area (TPSA) is 40.5 Å². The smallest absolute Gasteiger partial charge is 0.123 e. The summed E-state index contributed by atoms with van der Waals surface area (Å²) in [5.74, 6) is 0.974. The summed E-state index contributed by atoms with van der Waals surface area (Å²) in [7, 11) is 0.473. The molecule has 0 radical (unpaired) electrons. The van der Waals surface area contributed by atoms with E-state index in [1.165, 1.54) is 55.0 Å². The molecule has 2 N–H and O–H groups in total. The van der Waals surface area contributed by atoms with Crippen LogP contribution in [0.5, 0.6) is 5.75 Å². The van der Waals surface area contributed by atoms with Crippen LogP contribution in [0.2, 0.25) is 0 Å². The van der Waals surface area contributed by atoms with Crippen molar-refractivity contribution < 1.29 is 10.2 Å². The highest BCUT2D eigenvalue weighted by atomic mass is 31.1. The maximum atomic E-state index is 12.3. The summed E-state index contributed by atoms with van der Waals surface area (Å²) < 4.78 is 0. The number of aromatic hydroxyl groups is 1.